The number of rotatable bonds is 0. The lowest BCUT2D eigenvalue weighted by molar-refractivity contribution is 0.0708. The smallest absolute Gasteiger partial charge is 0.0580 e. The molecule has 3 atom stereocenters. The van der Waals surface area contributed by atoms with Crippen LogP contribution in [0.4, 0.5) is 0 Å². The minimum Gasteiger partial charge on any atom is -0.393 e. The Balaban J connectivity index is 2.35. The summed E-state index contributed by atoms with van der Waals surface area (Å²) in [6.45, 7) is 2.08. The number of aliphatic hydroxyl groups excluding tert-OH is 1. The summed E-state index contributed by atoms with van der Waals surface area (Å²) in [6.07, 6.45) is 2.82. The fourth-order valence-electron chi connectivity index (χ4n) is 1.33. The summed E-state index contributed by atoms with van der Waals surface area (Å²) in [6, 6.07) is 0.246. The Morgan fingerprint density at radius 2 is 2.11 bits per heavy atom. The molecule has 0 amide bonds. The van der Waals surface area contributed by atoms with Gasteiger partial charge >= 0.3 is 0 Å². The van der Waals surface area contributed by atoms with Gasteiger partial charge in [-0.25, -0.2) is 0 Å². The normalized spacial score (nSPS) is 45.0. The van der Waals surface area contributed by atoms with E-state index in [1.54, 1.807) is 0 Å². The van der Waals surface area contributed by atoms with Gasteiger partial charge in [0.2, 0.25) is 0 Å². The number of nitrogens with two attached hydrogens (primary N) is 1. The van der Waals surface area contributed by atoms with Crippen LogP contribution >= 0.6 is 0 Å². The highest BCUT2D eigenvalue weighted by Crippen LogP contribution is 2.22. The molecule has 3 N–H and O–H groups in total. The summed E-state index contributed by atoms with van der Waals surface area (Å²) in [5.41, 5.74) is 5.63. The van der Waals surface area contributed by atoms with Crippen molar-refractivity contribution in [2.75, 3.05) is 0 Å². The van der Waals surface area contributed by atoms with Crippen molar-refractivity contribution in [2.24, 2.45) is 11.7 Å². The average molecular weight is 129 g/mol. The third-order valence-corrected chi connectivity index (χ3v) is 2.19. The van der Waals surface area contributed by atoms with Crippen LogP contribution in [0, 0.1) is 5.92 Å². The second kappa shape index (κ2) is 2.67. The summed E-state index contributed by atoms with van der Waals surface area (Å²) in [5.74, 6) is 0.463. The predicted molar refractivity (Wildman–Crippen MR) is 37.0 cm³/mol. The van der Waals surface area contributed by atoms with E-state index >= 15 is 0 Å². The van der Waals surface area contributed by atoms with Crippen LogP contribution in [0.3, 0.4) is 0 Å². The SMILES string of the molecule is C[C@@H]1CC[C@H](N)C[C@H]1O. The highest BCUT2D eigenvalue weighted by atomic mass is 16.3. The highest BCUT2D eigenvalue weighted by molar-refractivity contribution is 4.78. The van der Waals surface area contributed by atoms with Crippen molar-refractivity contribution in [3.63, 3.8) is 0 Å². The van der Waals surface area contributed by atoms with Crippen molar-refractivity contribution in [3.05, 3.63) is 0 Å². The molecule has 0 radical (unpaired) electrons. The molecule has 1 rings (SSSR count). The Morgan fingerprint density at radius 1 is 1.44 bits per heavy atom. The van der Waals surface area contributed by atoms with E-state index in [0.29, 0.717) is 5.92 Å². The largest absolute Gasteiger partial charge is 0.393 e. The Bertz CT molecular complexity index is 94.9. The molecular formula is C7H15NO. The Morgan fingerprint density at radius 3 is 2.56 bits per heavy atom. The summed E-state index contributed by atoms with van der Waals surface area (Å²) in [5, 5.41) is 9.27. The van der Waals surface area contributed by atoms with Crippen LogP contribution in [0.15, 0.2) is 0 Å². The monoisotopic (exact) mass is 129 g/mol. The molecule has 1 aliphatic rings. The van der Waals surface area contributed by atoms with Gasteiger partial charge in [-0.1, -0.05) is 6.92 Å². The molecule has 0 saturated heterocycles. The molecule has 0 aromatic carbocycles. The summed E-state index contributed by atoms with van der Waals surface area (Å²) >= 11 is 0. The average Bonchev–Trinajstić information content (AvgIpc) is 1.80. The van der Waals surface area contributed by atoms with Crippen molar-refractivity contribution in [1.29, 1.82) is 0 Å². The summed E-state index contributed by atoms with van der Waals surface area (Å²) < 4.78 is 0. The molecule has 0 bridgehead atoms. The van der Waals surface area contributed by atoms with Crippen LogP contribution in [0.2, 0.25) is 0 Å². The summed E-state index contributed by atoms with van der Waals surface area (Å²) in [7, 11) is 0. The molecule has 0 heterocycles. The zero-order valence-electron chi connectivity index (χ0n) is 5.88. The van der Waals surface area contributed by atoms with Gasteiger partial charge in [0.25, 0.3) is 0 Å². The van der Waals surface area contributed by atoms with Crippen molar-refractivity contribution in [2.45, 2.75) is 38.3 Å². The molecule has 2 heteroatoms. The van der Waals surface area contributed by atoms with Gasteiger partial charge in [-0.3, -0.25) is 0 Å². The van der Waals surface area contributed by atoms with Gasteiger partial charge in [0.15, 0.2) is 0 Å². The third kappa shape index (κ3) is 1.66. The molecule has 1 saturated carbocycles. The van der Waals surface area contributed by atoms with Crippen LogP contribution in [-0.4, -0.2) is 17.3 Å². The molecular weight excluding hydrogens is 114 g/mol. The number of hydrogen-bond acceptors (Lipinski definition) is 2. The first-order chi connectivity index (χ1) is 4.20. The minimum absolute atomic E-state index is 0.145. The molecule has 0 spiro atoms. The van der Waals surface area contributed by atoms with E-state index in [4.69, 9.17) is 5.73 Å². The Kier molecular flexibility index (Phi) is 2.09. The van der Waals surface area contributed by atoms with Crippen molar-refractivity contribution >= 4 is 0 Å². The highest BCUT2D eigenvalue weighted by Gasteiger charge is 2.22. The topological polar surface area (TPSA) is 46.2 Å². The lowest BCUT2D eigenvalue weighted by atomic mass is 9.85. The maximum absolute atomic E-state index is 9.27. The van der Waals surface area contributed by atoms with Gasteiger partial charge in [0.05, 0.1) is 6.10 Å². The molecule has 2 nitrogen and oxygen atoms in total. The van der Waals surface area contributed by atoms with E-state index in [-0.39, 0.29) is 12.1 Å². The molecule has 0 aromatic rings. The van der Waals surface area contributed by atoms with Gasteiger partial charge in [0.1, 0.15) is 0 Å². The van der Waals surface area contributed by atoms with E-state index in [1.165, 1.54) is 0 Å². The van der Waals surface area contributed by atoms with E-state index < -0.39 is 0 Å². The third-order valence-electron chi connectivity index (χ3n) is 2.19. The van der Waals surface area contributed by atoms with Gasteiger partial charge < -0.3 is 10.8 Å². The van der Waals surface area contributed by atoms with Crippen molar-refractivity contribution < 1.29 is 5.11 Å². The molecule has 0 unspecified atom stereocenters. The fourth-order valence-corrected chi connectivity index (χ4v) is 1.33. The Hall–Kier alpha value is -0.0800. The molecule has 0 aromatic heterocycles. The maximum atomic E-state index is 9.27. The molecule has 54 valence electrons. The van der Waals surface area contributed by atoms with Crippen LogP contribution in [-0.2, 0) is 0 Å². The lowest BCUT2D eigenvalue weighted by Crippen LogP contribution is -2.35. The van der Waals surface area contributed by atoms with Gasteiger partial charge in [-0.2, -0.15) is 0 Å². The second-order valence-electron chi connectivity index (χ2n) is 3.12. The van der Waals surface area contributed by atoms with Crippen molar-refractivity contribution in [3.8, 4) is 0 Å². The fraction of sp³-hybridized carbons (Fsp3) is 1.00. The van der Waals surface area contributed by atoms with Gasteiger partial charge in [-0.15, -0.1) is 0 Å². The van der Waals surface area contributed by atoms with Gasteiger partial charge in [-0.05, 0) is 25.2 Å². The lowest BCUT2D eigenvalue weighted by Gasteiger charge is -2.28. The maximum Gasteiger partial charge on any atom is 0.0580 e. The first kappa shape index (κ1) is 7.03. The first-order valence-corrected chi connectivity index (χ1v) is 3.64. The molecule has 9 heavy (non-hydrogen) atoms. The molecule has 1 aliphatic carbocycles. The predicted octanol–water partition coefficient (Wildman–Crippen LogP) is 0.495. The zero-order chi connectivity index (χ0) is 6.85. The standard InChI is InChI=1S/C7H15NO/c1-5-2-3-6(8)4-7(5)9/h5-7,9H,2-4,8H2,1H3/t5-,6+,7-/m1/s1. The second-order valence-corrected chi connectivity index (χ2v) is 3.12. The number of hydrogen-bond donors (Lipinski definition) is 2. The van der Waals surface area contributed by atoms with E-state index in [9.17, 15) is 5.11 Å². The van der Waals surface area contributed by atoms with E-state index in [2.05, 4.69) is 6.92 Å². The van der Waals surface area contributed by atoms with E-state index in [1.807, 2.05) is 0 Å². The summed E-state index contributed by atoms with van der Waals surface area (Å²) in [4.78, 5) is 0. The first-order valence-electron chi connectivity index (χ1n) is 3.64. The van der Waals surface area contributed by atoms with Crippen LogP contribution in [0.25, 0.3) is 0 Å². The molecule has 1 fully saturated rings. The molecule has 0 aliphatic heterocycles. The number of aliphatic hydroxyl groups is 1. The van der Waals surface area contributed by atoms with Crippen LogP contribution in [0.1, 0.15) is 26.2 Å². The zero-order valence-corrected chi connectivity index (χ0v) is 5.88. The van der Waals surface area contributed by atoms with Crippen molar-refractivity contribution in [1.82, 2.24) is 0 Å². The van der Waals surface area contributed by atoms with Crippen LogP contribution in [0.5, 0.6) is 0 Å². The van der Waals surface area contributed by atoms with Gasteiger partial charge in [0, 0.05) is 6.04 Å². The van der Waals surface area contributed by atoms with E-state index in [0.717, 1.165) is 19.3 Å². The van der Waals surface area contributed by atoms with Crippen LogP contribution < -0.4 is 5.73 Å². The minimum atomic E-state index is -0.145. The quantitative estimate of drug-likeness (QED) is 0.500. The Labute approximate surface area is 56.1 Å².